The van der Waals surface area contributed by atoms with Crippen LogP contribution in [0.3, 0.4) is 0 Å². The predicted octanol–water partition coefficient (Wildman–Crippen LogP) is 1.78. The predicted molar refractivity (Wildman–Crippen MR) is 76.4 cm³/mol. The number of hydrogen-bond donors (Lipinski definition) is 1. The molecule has 18 heavy (non-hydrogen) atoms. The van der Waals surface area contributed by atoms with Crippen LogP contribution in [-0.2, 0) is 13.9 Å². The van der Waals surface area contributed by atoms with E-state index >= 15 is 0 Å². The highest BCUT2D eigenvalue weighted by molar-refractivity contribution is 6.27. The molecule has 0 radical (unpaired) electrons. The molecule has 0 aromatic heterocycles. The molecule has 5 heteroatoms. The first-order valence-corrected chi connectivity index (χ1v) is 8.75. The maximum atomic E-state index is 5.69. The summed E-state index contributed by atoms with van der Waals surface area (Å²) in [6.07, 6.45) is 8.14. The van der Waals surface area contributed by atoms with Gasteiger partial charge in [-0.25, -0.2) is 0 Å². The van der Waals surface area contributed by atoms with Crippen LogP contribution < -0.4 is 5.32 Å². The van der Waals surface area contributed by atoms with Crippen molar-refractivity contribution in [3.05, 3.63) is 0 Å². The van der Waals surface area contributed by atoms with Gasteiger partial charge in [-0.05, 0) is 31.9 Å². The first-order chi connectivity index (χ1) is 8.70. The van der Waals surface area contributed by atoms with Crippen LogP contribution >= 0.6 is 0 Å². The molecule has 1 aliphatic rings. The molecule has 0 amide bonds. The molecular weight excluding hydrogens is 246 g/mol. The van der Waals surface area contributed by atoms with Crippen LogP contribution in [0, 0.1) is 0 Å². The Morgan fingerprint density at radius 2 is 1.83 bits per heavy atom. The molecule has 0 heterocycles. The van der Waals surface area contributed by atoms with Crippen molar-refractivity contribution in [2.24, 2.45) is 0 Å². The van der Waals surface area contributed by atoms with Gasteiger partial charge in [0.2, 0.25) is 0 Å². The minimum Gasteiger partial charge on any atom is -0.376 e. The lowest BCUT2D eigenvalue weighted by Crippen LogP contribution is -2.35. The Labute approximate surface area is 114 Å². The van der Waals surface area contributed by atoms with Gasteiger partial charge in [-0.1, -0.05) is 19.3 Å². The van der Waals surface area contributed by atoms with E-state index in [-0.39, 0.29) is 0 Å². The molecule has 0 spiro atoms. The zero-order chi connectivity index (χ0) is 13.3. The van der Waals surface area contributed by atoms with E-state index in [1.165, 1.54) is 44.6 Å². The summed E-state index contributed by atoms with van der Waals surface area (Å²) in [6, 6.07) is 1.94. The monoisotopic (exact) mass is 275 g/mol. The van der Waals surface area contributed by atoms with Crippen molar-refractivity contribution in [2.75, 3.05) is 20.8 Å². The van der Waals surface area contributed by atoms with Gasteiger partial charge in [0.25, 0.3) is 5.97 Å². The molecule has 0 aromatic carbocycles. The average Bonchev–Trinajstić information content (AvgIpc) is 2.43. The number of rotatable bonds is 9. The van der Waals surface area contributed by atoms with Crippen molar-refractivity contribution in [2.45, 2.75) is 63.5 Å². The fourth-order valence-electron chi connectivity index (χ4n) is 2.30. The van der Waals surface area contributed by atoms with Crippen molar-refractivity contribution in [3.63, 3.8) is 0 Å². The van der Waals surface area contributed by atoms with Gasteiger partial charge in [0.1, 0.15) is 0 Å². The molecular formula is C13H29NO3Si. The summed E-state index contributed by atoms with van der Waals surface area (Å²) in [7, 11) is 2.67. The number of nitrogens with one attached hydrogen (secondary N) is 1. The molecule has 4 nitrogen and oxygen atoms in total. The van der Waals surface area contributed by atoms with E-state index in [1.54, 1.807) is 14.2 Å². The highest BCUT2D eigenvalue weighted by Gasteiger charge is 2.22. The van der Waals surface area contributed by atoms with Crippen LogP contribution in [0.2, 0.25) is 6.04 Å². The molecule has 108 valence electrons. The maximum absolute atomic E-state index is 5.69. The lowest BCUT2D eigenvalue weighted by atomic mass is 9.95. The van der Waals surface area contributed by atoms with E-state index in [4.69, 9.17) is 13.9 Å². The average molecular weight is 275 g/mol. The molecule has 0 bridgehead atoms. The molecule has 1 saturated carbocycles. The molecule has 1 rings (SSSR count). The van der Waals surface area contributed by atoms with Crippen molar-refractivity contribution in [1.82, 2.24) is 5.32 Å². The summed E-state index contributed by atoms with van der Waals surface area (Å²) in [4.78, 5) is 0. The van der Waals surface area contributed by atoms with Crippen LogP contribution in [-0.4, -0.2) is 42.5 Å². The van der Waals surface area contributed by atoms with Gasteiger partial charge in [0.05, 0.1) is 0 Å². The number of hydrogen-bond acceptors (Lipinski definition) is 4. The van der Waals surface area contributed by atoms with E-state index < -0.39 is 15.7 Å². The Morgan fingerprint density at radius 1 is 1.17 bits per heavy atom. The van der Waals surface area contributed by atoms with Gasteiger partial charge in [-0.3, -0.25) is 0 Å². The molecule has 1 fully saturated rings. The third kappa shape index (κ3) is 6.29. The molecule has 0 atom stereocenters. The summed E-state index contributed by atoms with van der Waals surface area (Å²) in [5.41, 5.74) is 0. The Hall–Kier alpha value is 0.0569. The van der Waals surface area contributed by atoms with E-state index in [0.29, 0.717) is 0 Å². The zero-order valence-electron chi connectivity index (χ0n) is 12.2. The Morgan fingerprint density at radius 3 is 2.44 bits per heavy atom. The first kappa shape index (κ1) is 16.1. The Kier molecular flexibility index (Phi) is 8.09. The van der Waals surface area contributed by atoms with Crippen molar-refractivity contribution in [3.8, 4) is 0 Å². The molecule has 0 aromatic rings. The summed E-state index contributed by atoms with van der Waals surface area (Å²) < 4.78 is 16.0. The second-order valence-corrected chi connectivity index (χ2v) is 6.52. The first-order valence-electron chi connectivity index (χ1n) is 7.18. The molecule has 1 N–H and O–H groups in total. The summed E-state index contributed by atoms with van der Waals surface area (Å²) in [5.74, 6) is -0.830. The van der Waals surface area contributed by atoms with Crippen molar-refractivity contribution in [1.29, 1.82) is 0 Å². The Balaban J connectivity index is 1.95. The van der Waals surface area contributed by atoms with Gasteiger partial charge >= 0.3 is 0 Å². The zero-order valence-corrected chi connectivity index (χ0v) is 13.6. The molecule has 0 saturated heterocycles. The van der Waals surface area contributed by atoms with Gasteiger partial charge in [-0.15, -0.1) is 0 Å². The largest absolute Gasteiger partial charge is 0.376 e. The fourth-order valence-corrected chi connectivity index (χ4v) is 3.50. The second-order valence-electron chi connectivity index (χ2n) is 5.12. The topological polar surface area (TPSA) is 39.7 Å². The second kappa shape index (κ2) is 9.04. The molecule has 0 unspecified atom stereocenters. The van der Waals surface area contributed by atoms with Crippen molar-refractivity contribution < 1.29 is 13.9 Å². The molecule has 1 aliphatic carbocycles. The highest BCUT2D eigenvalue weighted by atomic mass is 28.2. The van der Waals surface area contributed by atoms with Gasteiger partial charge < -0.3 is 19.2 Å². The number of ether oxygens (including phenoxy) is 2. The minimum atomic E-state index is -0.830. The van der Waals surface area contributed by atoms with Gasteiger partial charge in [0.15, 0.2) is 9.76 Å². The Bertz CT molecular complexity index is 206. The van der Waals surface area contributed by atoms with Gasteiger partial charge in [-0.2, -0.15) is 0 Å². The quantitative estimate of drug-likeness (QED) is 0.396. The summed E-state index contributed by atoms with van der Waals surface area (Å²) in [6.45, 7) is 2.94. The van der Waals surface area contributed by atoms with Crippen LogP contribution in [0.15, 0.2) is 0 Å². The summed E-state index contributed by atoms with van der Waals surface area (Å²) >= 11 is 0. The van der Waals surface area contributed by atoms with Crippen LogP contribution in [0.4, 0.5) is 0 Å². The standard InChI is InChI=1S/C13H29NO3Si/c1-13(15-2,16-3)17-18-11-7-10-14-12-8-5-4-6-9-12/h12,14H,4-11,18H2,1-3H3. The SMILES string of the molecule is COC(C)(OC)O[SiH2]CCCNC1CCCCC1. The highest BCUT2D eigenvalue weighted by Crippen LogP contribution is 2.17. The minimum absolute atomic E-state index is 0.554. The normalized spacial score (nSPS) is 18.8. The third-order valence-corrected chi connectivity index (χ3v) is 5.23. The van der Waals surface area contributed by atoms with Crippen LogP contribution in [0.25, 0.3) is 0 Å². The number of methoxy groups -OCH3 is 2. The van der Waals surface area contributed by atoms with Crippen LogP contribution in [0.5, 0.6) is 0 Å². The van der Waals surface area contributed by atoms with E-state index in [0.717, 1.165) is 12.6 Å². The van der Waals surface area contributed by atoms with E-state index in [1.807, 2.05) is 6.92 Å². The van der Waals surface area contributed by atoms with E-state index in [2.05, 4.69) is 5.32 Å². The van der Waals surface area contributed by atoms with Crippen LogP contribution in [0.1, 0.15) is 45.4 Å². The van der Waals surface area contributed by atoms with E-state index in [9.17, 15) is 0 Å². The summed E-state index contributed by atoms with van der Waals surface area (Å²) in [5, 5.41) is 3.65. The maximum Gasteiger partial charge on any atom is 0.269 e. The van der Waals surface area contributed by atoms with Crippen molar-refractivity contribution >= 4 is 9.76 Å². The fraction of sp³-hybridized carbons (Fsp3) is 1.00. The lowest BCUT2D eigenvalue weighted by Gasteiger charge is -2.26. The third-order valence-electron chi connectivity index (χ3n) is 3.72. The molecule has 0 aliphatic heterocycles. The lowest BCUT2D eigenvalue weighted by molar-refractivity contribution is -0.310. The van der Waals surface area contributed by atoms with Gasteiger partial charge in [0, 0.05) is 27.2 Å². The smallest absolute Gasteiger partial charge is 0.269 e.